The predicted molar refractivity (Wildman–Crippen MR) is 105 cm³/mol. The van der Waals surface area contributed by atoms with Crippen LogP contribution in [-0.4, -0.2) is 10.1 Å². The molecule has 1 heterocycles. The molecule has 0 spiro atoms. The van der Waals surface area contributed by atoms with Gasteiger partial charge in [-0.05, 0) is 40.8 Å². The molecule has 0 aliphatic carbocycles. The number of aromatic nitrogens is 1. The van der Waals surface area contributed by atoms with Crippen LogP contribution < -0.4 is 5.43 Å². The molecule has 0 aliphatic rings. The van der Waals surface area contributed by atoms with Gasteiger partial charge in [-0.2, -0.15) is 0 Å². The van der Waals surface area contributed by atoms with Crippen LogP contribution in [0.5, 0.6) is 0 Å². The van der Waals surface area contributed by atoms with E-state index in [4.69, 9.17) is 5.11 Å². The third-order valence-corrected chi connectivity index (χ3v) is 4.62. The predicted octanol–water partition coefficient (Wildman–Crippen LogP) is 4.28. The van der Waals surface area contributed by atoms with Gasteiger partial charge in [-0.15, -0.1) is 0 Å². The van der Waals surface area contributed by atoms with Crippen molar-refractivity contribution in [2.24, 2.45) is 0 Å². The van der Waals surface area contributed by atoms with Gasteiger partial charge in [0.1, 0.15) is 0 Å². The molecule has 0 unspecified atom stereocenters. The van der Waals surface area contributed by atoms with E-state index in [1.807, 2.05) is 60.7 Å². The van der Waals surface area contributed by atoms with Gasteiger partial charge in [0.15, 0.2) is 5.43 Å². The van der Waals surface area contributed by atoms with Gasteiger partial charge in [0.25, 0.3) is 0 Å². The van der Waals surface area contributed by atoms with E-state index in [0.29, 0.717) is 5.39 Å². The van der Waals surface area contributed by atoms with Crippen LogP contribution in [0.15, 0.2) is 83.7 Å². The number of hydrogen-bond donors (Lipinski definition) is 2. The van der Waals surface area contributed by atoms with Crippen molar-refractivity contribution in [2.75, 3.05) is 0 Å². The monoisotopic (exact) mass is 341 g/mol. The summed E-state index contributed by atoms with van der Waals surface area (Å²) in [5.74, 6) is 0. The lowest BCUT2D eigenvalue weighted by Crippen LogP contribution is -2.02. The van der Waals surface area contributed by atoms with Crippen molar-refractivity contribution in [3.63, 3.8) is 0 Å². The second-order valence-electron chi connectivity index (χ2n) is 6.44. The zero-order valence-corrected chi connectivity index (χ0v) is 14.3. The zero-order valence-electron chi connectivity index (χ0n) is 14.3. The number of benzene rings is 3. The summed E-state index contributed by atoms with van der Waals surface area (Å²) in [5, 5.41) is 9.82. The Morgan fingerprint density at radius 3 is 2.08 bits per heavy atom. The lowest BCUT2D eigenvalue weighted by molar-refractivity contribution is 0.282. The summed E-state index contributed by atoms with van der Waals surface area (Å²) in [7, 11) is 0. The number of hydrogen-bond acceptors (Lipinski definition) is 2. The molecule has 4 rings (SSSR count). The molecule has 0 fully saturated rings. The summed E-state index contributed by atoms with van der Waals surface area (Å²) >= 11 is 0. The number of H-pyrrole nitrogens is 1. The largest absolute Gasteiger partial charge is 0.392 e. The Labute approximate surface area is 151 Å². The number of aliphatic hydroxyl groups is 1. The maximum atomic E-state index is 12.3. The average molecular weight is 341 g/mol. The molecule has 0 saturated heterocycles. The fraction of sp³-hybridized carbons (Fsp3) is 0.0870. The first-order valence-electron chi connectivity index (χ1n) is 8.63. The number of para-hydroxylation sites is 1. The molecular weight excluding hydrogens is 322 g/mol. The first kappa shape index (κ1) is 16.3. The fourth-order valence-electron chi connectivity index (χ4n) is 3.15. The van der Waals surface area contributed by atoms with Crippen molar-refractivity contribution in [1.82, 2.24) is 4.98 Å². The standard InChI is InChI=1S/C23H19NO2/c25-15-18-7-5-16(6-8-18)13-17-9-11-19(12-10-17)22-14-23(26)20-3-1-2-4-21(20)24-22/h1-12,14,25H,13,15H2,(H,24,26). The lowest BCUT2D eigenvalue weighted by atomic mass is 10.0. The van der Waals surface area contributed by atoms with Crippen LogP contribution in [0.25, 0.3) is 22.2 Å². The summed E-state index contributed by atoms with van der Waals surface area (Å²) < 4.78 is 0. The molecule has 0 aliphatic heterocycles. The van der Waals surface area contributed by atoms with Gasteiger partial charge in [-0.3, -0.25) is 4.79 Å². The van der Waals surface area contributed by atoms with E-state index in [1.54, 1.807) is 6.07 Å². The highest BCUT2D eigenvalue weighted by atomic mass is 16.3. The summed E-state index contributed by atoms with van der Waals surface area (Å²) in [4.78, 5) is 15.6. The molecular formula is C23H19NO2. The minimum Gasteiger partial charge on any atom is -0.392 e. The molecule has 3 nitrogen and oxygen atoms in total. The number of pyridine rings is 1. The van der Waals surface area contributed by atoms with Crippen LogP contribution in [0.4, 0.5) is 0 Å². The van der Waals surface area contributed by atoms with Crippen LogP contribution in [0.3, 0.4) is 0 Å². The van der Waals surface area contributed by atoms with Crippen molar-refractivity contribution in [3.8, 4) is 11.3 Å². The Bertz CT molecular complexity index is 1090. The van der Waals surface area contributed by atoms with E-state index in [9.17, 15) is 4.79 Å². The summed E-state index contributed by atoms with van der Waals surface area (Å²) in [6.45, 7) is 0.0684. The molecule has 4 aromatic rings. The van der Waals surface area contributed by atoms with Gasteiger partial charge in [-0.1, -0.05) is 60.7 Å². The van der Waals surface area contributed by atoms with E-state index < -0.39 is 0 Å². The van der Waals surface area contributed by atoms with Gasteiger partial charge >= 0.3 is 0 Å². The third-order valence-electron chi connectivity index (χ3n) is 4.62. The molecule has 26 heavy (non-hydrogen) atoms. The molecule has 0 saturated carbocycles. The summed E-state index contributed by atoms with van der Waals surface area (Å²) in [5.41, 5.74) is 6.03. The summed E-state index contributed by atoms with van der Waals surface area (Å²) in [6.07, 6.45) is 0.834. The molecule has 3 aromatic carbocycles. The van der Waals surface area contributed by atoms with E-state index >= 15 is 0 Å². The van der Waals surface area contributed by atoms with Crippen molar-refractivity contribution in [3.05, 3.63) is 106 Å². The molecule has 128 valence electrons. The van der Waals surface area contributed by atoms with Gasteiger partial charge in [0, 0.05) is 22.7 Å². The van der Waals surface area contributed by atoms with Crippen LogP contribution in [-0.2, 0) is 13.0 Å². The molecule has 0 radical (unpaired) electrons. The van der Waals surface area contributed by atoms with Crippen LogP contribution in [0.1, 0.15) is 16.7 Å². The first-order valence-corrected chi connectivity index (χ1v) is 8.63. The topological polar surface area (TPSA) is 53.1 Å². The highest BCUT2D eigenvalue weighted by molar-refractivity contribution is 5.81. The molecule has 0 amide bonds. The minimum absolute atomic E-state index is 0.0300. The Morgan fingerprint density at radius 2 is 1.38 bits per heavy atom. The van der Waals surface area contributed by atoms with Gasteiger partial charge in [0.2, 0.25) is 0 Å². The average Bonchev–Trinajstić information content (AvgIpc) is 2.69. The van der Waals surface area contributed by atoms with E-state index in [2.05, 4.69) is 17.1 Å². The Balaban J connectivity index is 1.60. The van der Waals surface area contributed by atoms with E-state index in [-0.39, 0.29) is 12.0 Å². The number of aromatic amines is 1. The van der Waals surface area contributed by atoms with Crippen molar-refractivity contribution < 1.29 is 5.11 Å². The lowest BCUT2D eigenvalue weighted by Gasteiger charge is -2.07. The molecule has 1 aromatic heterocycles. The number of rotatable bonds is 4. The highest BCUT2D eigenvalue weighted by Crippen LogP contribution is 2.20. The third kappa shape index (κ3) is 3.30. The highest BCUT2D eigenvalue weighted by Gasteiger charge is 2.04. The van der Waals surface area contributed by atoms with Gasteiger partial charge < -0.3 is 10.1 Å². The number of nitrogens with one attached hydrogen (secondary N) is 1. The van der Waals surface area contributed by atoms with Crippen LogP contribution >= 0.6 is 0 Å². The Kier molecular flexibility index (Phi) is 4.38. The molecule has 3 heteroatoms. The maximum absolute atomic E-state index is 12.3. The van der Waals surface area contributed by atoms with Gasteiger partial charge in [0.05, 0.1) is 6.61 Å². The SMILES string of the molecule is O=c1cc(-c2ccc(Cc3ccc(CO)cc3)cc2)[nH]c2ccccc12. The van der Waals surface area contributed by atoms with Crippen LogP contribution in [0.2, 0.25) is 0 Å². The molecule has 0 bridgehead atoms. The Hall–Kier alpha value is -3.17. The van der Waals surface area contributed by atoms with Crippen LogP contribution in [0, 0.1) is 0 Å². The van der Waals surface area contributed by atoms with E-state index in [0.717, 1.165) is 28.8 Å². The van der Waals surface area contributed by atoms with Gasteiger partial charge in [-0.25, -0.2) is 0 Å². The normalized spacial score (nSPS) is 11.0. The number of aliphatic hydroxyl groups excluding tert-OH is 1. The summed E-state index contributed by atoms with van der Waals surface area (Å²) in [6, 6.07) is 25.4. The van der Waals surface area contributed by atoms with Crippen molar-refractivity contribution in [1.29, 1.82) is 0 Å². The van der Waals surface area contributed by atoms with Crippen molar-refractivity contribution in [2.45, 2.75) is 13.0 Å². The molecule has 2 N–H and O–H groups in total. The Morgan fingerprint density at radius 1 is 0.769 bits per heavy atom. The zero-order chi connectivity index (χ0) is 17.9. The quantitative estimate of drug-likeness (QED) is 0.582. The second kappa shape index (κ2) is 6.98. The molecule has 0 atom stereocenters. The fourth-order valence-corrected chi connectivity index (χ4v) is 3.15. The number of fused-ring (bicyclic) bond motifs is 1. The van der Waals surface area contributed by atoms with Crippen molar-refractivity contribution >= 4 is 10.9 Å². The smallest absolute Gasteiger partial charge is 0.190 e. The second-order valence-corrected chi connectivity index (χ2v) is 6.44. The first-order chi connectivity index (χ1) is 12.7. The van der Waals surface area contributed by atoms with E-state index in [1.165, 1.54) is 11.1 Å². The minimum atomic E-state index is 0.0300. The maximum Gasteiger partial charge on any atom is 0.190 e.